The fraction of sp³-hybridized carbons (Fsp3) is 0.529. The zero-order valence-electron chi connectivity index (χ0n) is 13.5. The van der Waals surface area contributed by atoms with Crippen LogP contribution in [-0.2, 0) is 9.53 Å². The van der Waals surface area contributed by atoms with Crippen molar-refractivity contribution in [2.24, 2.45) is 5.92 Å². The highest BCUT2D eigenvalue weighted by Crippen LogP contribution is 2.23. The molecular formula is C17H24N4O2. The second-order valence-corrected chi connectivity index (χ2v) is 6.00. The van der Waals surface area contributed by atoms with Crippen molar-refractivity contribution in [1.82, 2.24) is 15.3 Å². The standard InChI is InChI=1S/C17H24N4O2/c1-23-11-5-9-18-16(22)13-6-4-10-21(12-13)17-19-14-7-2-3-8-15(14)20-17/h2-3,7-8,13H,4-6,9-12H2,1H3,(H,18,22)(H,19,20). The number of benzene rings is 1. The van der Waals surface area contributed by atoms with Gasteiger partial charge in [-0.05, 0) is 31.4 Å². The number of anilines is 1. The molecule has 6 heteroatoms. The fourth-order valence-corrected chi connectivity index (χ4v) is 3.05. The molecule has 23 heavy (non-hydrogen) atoms. The summed E-state index contributed by atoms with van der Waals surface area (Å²) in [4.78, 5) is 22.5. The van der Waals surface area contributed by atoms with Gasteiger partial charge in [-0.15, -0.1) is 0 Å². The van der Waals surface area contributed by atoms with Crippen LogP contribution in [0.2, 0.25) is 0 Å². The van der Waals surface area contributed by atoms with Crippen molar-refractivity contribution in [2.75, 3.05) is 38.3 Å². The van der Waals surface area contributed by atoms with Crippen molar-refractivity contribution in [3.63, 3.8) is 0 Å². The number of amides is 1. The molecule has 1 fully saturated rings. The van der Waals surface area contributed by atoms with E-state index in [0.29, 0.717) is 13.2 Å². The number of carbonyl (C=O) groups excluding carboxylic acids is 1. The minimum atomic E-state index is 0.0273. The number of para-hydroxylation sites is 2. The summed E-state index contributed by atoms with van der Waals surface area (Å²) in [5, 5.41) is 3.01. The third-order valence-electron chi connectivity index (χ3n) is 4.29. The first-order chi connectivity index (χ1) is 11.3. The van der Waals surface area contributed by atoms with Crippen LogP contribution in [0.15, 0.2) is 24.3 Å². The van der Waals surface area contributed by atoms with E-state index < -0.39 is 0 Å². The molecule has 124 valence electrons. The van der Waals surface area contributed by atoms with E-state index in [4.69, 9.17) is 4.74 Å². The van der Waals surface area contributed by atoms with Crippen LogP contribution in [0.1, 0.15) is 19.3 Å². The Hall–Kier alpha value is -2.08. The fourth-order valence-electron chi connectivity index (χ4n) is 3.05. The Balaban J connectivity index is 1.60. The largest absolute Gasteiger partial charge is 0.385 e. The van der Waals surface area contributed by atoms with Gasteiger partial charge in [-0.3, -0.25) is 4.79 Å². The smallest absolute Gasteiger partial charge is 0.224 e. The molecule has 1 aromatic carbocycles. The number of nitrogens with one attached hydrogen (secondary N) is 2. The summed E-state index contributed by atoms with van der Waals surface area (Å²) in [5.74, 6) is 1.03. The Morgan fingerprint density at radius 1 is 1.48 bits per heavy atom. The van der Waals surface area contributed by atoms with Crippen molar-refractivity contribution in [3.05, 3.63) is 24.3 Å². The molecule has 0 radical (unpaired) electrons. The highest BCUT2D eigenvalue weighted by Gasteiger charge is 2.27. The van der Waals surface area contributed by atoms with Crippen LogP contribution < -0.4 is 10.2 Å². The van der Waals surface area contributed by atoms with Gasteiger partial charge < -0.3 is 19.9 Å². The maximum atomic E-state index is 12.3. The lowest BCUT2D eigenvalue weighted by molar-refractivity contribution is -0.125. The Kier molecular flexibility index (Phi) is 5.12. The number of hydrogen-bond acceptors (Lipinski definition) is 4. The molecule has 0 spiro atoms. The van der Waals surface area contributed by atoms with Gasteiger partial charge in [-0.1, -0.05) is 12.1 Å². The van der Waals surface area contributed by atoms with Crippen molar-refractivity contribution in [2.45, 2.75) is 19.3 Å². The molecule has 3 rings (SSSR count). The average Bonchev–Trinajstić information content (AvgIpc) is 3.03. The predicted molar refractivity (Wildman–Crippen MR) is 90.5 cm³/mol. The molecular weight excluding hydrogens is 292 g/mol. The molecule has 0 saturated carbocycles. The second kappa shape index (κ2) is 7.46. The van der Waals surface area contributed by atoms with Gasteiger partial charge in [-0.25, -0.2) is 4.98 Å². The lowest BCUT2D eigenvalue weighted by Crippen LogP contribution is -2.43. The number of ether oxygens (including phenoxy) is 1. The quantitative estimate of drug-likeness (QED) is 0.799. The molecule has 0 bridgehead atoms. The number of imidazole rings is 1. The van der Waals surface area contributed by atoms with E-state index in [1.807, 2.05) is 24.3 Å². The Labute approximate surface area is 136 Å². The maximum absolute atomic E-state index is 12.3. The summed E-state index contributed by atoms with van der Waals surface area (Å²) in [6, 6.07) is 8.01. The second-order valence-electron chi connectivity index (χ2n) is 6.00. The number of nitrogens with zero attached hydrogens (tertiary/aromatic N) is 2. The van der Waals surface area contributed by atoms with Crippen LogP contribution >= 0.6 is 0 Å². The highest BCUT2D eigenvalue weighted by molar-refractivity contribution is 5.80. The van der Waals surface area contributed by atoms with Crippen LogP contribution in [0.3, 0.4) is 0 Å². The summed E-state index contributed by atoms with van der Waals surface area (Å²) in [6.45, 7) is 3.01. The average molecular weight is 316 g/mol. The topological polar surface area (TPSA) is 70.2 Å². The summed E-state index contributed by atoms with van der Waals surface area (Å²) >= 11 is 0. The van der Waals surface area contributed by atoms with Gasteiger partial charge in [0.2, 0.25) is 11.9 Å². The first-order valence-electron chi connectivity index (χ1n) is 8.24. The van der Waals surface area contributed by atoms with Crippen LogP contribution in [0.4, 0.5) is 5.95 Å². The van der Waals surface area contributed by atoms with E-state index in [1.54, 1.807) is 7.11 Å². The minimum Gasteiger partial charge on any atom is -0.385 e. The van der Waals surface area contributed by atoms with Gasteiger partial charge in [-0.2, -0.15) is 0 Å². The van der Waals surface area contributed by atoms with E-state index in [9.17, 15) is 4.79 Å². The minimum absolute atomic E-state index is 0.0273. The summed E-state index contributed by atoms with van der Waals surface area (Å²) in [5.41, 5.74) is 2.00. The van der Waals surface area contributed by atoms with E-state index in [1.165, 1.54) is 0 Å². The maximum Gasteiger partial charge on any atom is 0.224 e. The zero-order chi connectivity index (χ0) is 16.1. The highest BCUT2D eigenvalue weighted by atomic mass is 16.5. The van der Waals surface area contributed by atoms with E-state index in [0.717, 1.165) is 49.3 Å². The molecule has 2 aromatic rings. The van der Waals surface area contributed by atoms with Crippen molar-refractivity contribution in [3.8, 4) is 0 Å². The van der Waals surface area contributed by atoms with E-state index in [2.05, 4.69) is 20.2 Å². The molecule has 1 saturated heterocycles. The van der Waals surface area contributed by atoms with Crippen LogP contribution in [-0.4, -0.2) is 49.2 Å². The summed E-state index contributed by atoms with van der Waals surface area (Å²) < 4.78 is 5.00. The van der Waals surface area contributed by atoms with Crippen LogP contribution in [0.25, 0.3) is 11.0 Å². The lowest BCUT2D eigenvalue weighted by Gasteiger charge is -2.31. The van der Waals surface area contributed by atoms with E-state index in [-0.39, 0.29) is 11.8 Å². The molecule has 1 aromatic heterocycles. The summed E-state index contributed by atoms with van der Waals surface area (Å²) in [6.07, 6.45) is 2.79. The summed E-state index contributed by atoms with van der Waals surface area (Å²) in [7, 11) is 1.67. The predicted octanol–water partition coefficient (Wildman–Crippen LogP) is 1.93. The van der Waals surface area contributed by atoms with Gasteiger partial charge in [0.15, 0.2) is 0 Å². The third kappa shape index (κ3) is 3.82. The SMILES string of the molecule is COCCCNC(=O)C1CCCN(c2nc3ccccc3[nH]2)C1. The van der Waals surface area contributed by atoms with Gasteiger partial charge in [0.05, 0.1) is 17.0 Å². The molecule has 0 aliphatic carbocycles. The molecule has 1 unspecified atom stereocenters. The Morgan fingerprint density at radius 3 is 3.17 bits per heavy atom. The molecule has 2 heterocycles. The molecule has 1 atom stereocenters. The van der Waals surface area contributed by atoms with Crippen LogP contribution in [0.5, 0.6) is 0 Å². The number of carbonyl (C=O) groups is 1. The van der Waals surface area contributed by atoms with Gasteiger partial charge in [0, 0.05) is 33.4 Å². The molecule has 1 amide bonds. The Morgan fingerprint density at radius 2 is 2.35 bits per heavy atom. The molecule has 2 N–H and O–H groups in total. The Bertz CT molecular complexity index is 622. The molecule has 1 aliphatic rings. The van der Waals surface area contributed by atoms with Crippen molar-refractivity contribution < 1.29 is 9.53 Å². The molecule has 1 aliphatic heterocycles. The number of hydrogen-bond donors (Lipinski definition) is 2. The van der Waals surface area contributed by atoms with Crippen LogP contribution in [0, 0.1) is 5.92 Å². The first-order valence-corrected chi connectivity index (χ1v) is 8.24. The first kappa shape index (κ1) is 15.8. The lowest BCUT2D eigenvalue weighted by atomic mass is 9.97. The number of H-pyrrole nitrogens is 1. The molecule has 6 nitrogen and oxygen atoms in total. The normalized spacial score (nSPS) is 18.3. The number of methoxy groups -OCH3 is 1. The van der Waals surface area contributed by atoms with E-state index >= 15 is 0 Å². The number of piperidine rings is 1. The van der Waals surface area contributed by atoms with Gasteiger partial charge in [0.25, 0.3) is 0 Å². The van der Waals surface area contributed by atoms with Gasteiger partial charge in [0.1, 0.15) is 0 Å². The number of fused-ring (bicyclic) bond motifs is 1. The third-order valence-corrected chi connectivity index (χ3v) is 4.29. The zero-order valence-corrected chi connectivity index (χ0v) is 13.5. The number of aromatic nitrogens is 2. The van der Waals surface area contributed by atoms with Gasteiger partial charge >= 0.3 is 0 Å². The number of rotatable bonds is 6. The monoisotopic (exact) mass is 316 g/mol. The number of aromatic amines is 1. The van der Waals surface area contributed by atoms with Crippen molar-refractivity contribution in [1.29, 1.82) is 0 Å². The van der Waals surface area contributed by atoms with Crippen molar-refractivity contribution >= 4 is 22.9 Å².